The maximum absolute atomic E-state index is 11.8. The predicted molar refractivity (Wildman–Crippen MR) is 97.7 cm³/mol. The number of carbonyl (C=O) groups excluding carboxylic acids is 1. The molecule has 0 bridgehead atoms. The number of esters is 1. The van der Waals surface area contributed by atoms with Crippen molar-refractivity contribution in [2.45, 2.75) is 13.8 Å². The molecule has 128 valence electrons. The highest BCUT2D eigenvalue weighted by atomic mass is 35.5. The molecule has 0 atom stereocenters. The Morgan fingerprint density at radius 3 is 2.42 bits per heavy atom. The van der Waals surface area contributed by atoms with Crippen LogP contribution in [0.3, 0.4) is 0 Å². The molecule has 0 aliphatic heterocycles. The molecule has 2 aromatic rings. The van der Waals surface area contributed by atoms with Gasteiger partial charge in [0.15, 0.2) is 0 Å². The molecular weight excluding hydrogens is 349 g/mol. The summed E-state index contributed by atoms with van der Waals surface area (Å²) in [5.74, 6) is 0.324. The minimum atomic E-state index is -0.440. The first-order chi connectivity index (χ1) is 11.4. The fourth-order valence-corrected chi connectivity index (χ4v) is 2.57. The van der Waals surface area contributed by atoms with Crippen LogP contribution >= 0.6 is 23.2 Å². The second-order valence-electron chi connectivity index (χ2n) is 5.33. The Balaban J connectivity index is 1.97. The van der Waals surface area contributed by atoms with Crippen LogP contribution in [0.4, 0.5) is 5.69 Å². The predicted octanol–water partition coefficient (Wildman–Crippen LogP) is 4.89. The van der Waals surface area contributed by atoms with Gasteiger partial charge in [-0.15, -0.1) is 0 Å². The smallest absolute Gasteiger partial charge is 0.340 e. The number of rotatable bonds is 6. The van der Waals surface area contributed by atoms with Crippen LogP contribution in [0.5, 0.6) is 5.75 Å². The van der Waals surface area contributed by atoms with Gasteiger partial charge in [-0.1, -0.05) is 23.2 Å². The Labute approximate surface area is 151 Å². The lowest BCUT2D eigenvalue weighted by Crippen LogP contribution is -2.14. The number of anilines is 1. The number of ether oxygens (including phenoxy) is 2. The molecule has 0 aliphatic carbocycles. The number of methoxy groups -OCH3 is 1. The van der Waals surface area contributed by atoms with Crippen LogP contribution in [0.1, 0.15) is 21.5 Å². The molecule has 0 saturated heterocycles. The minimum Gasteiger partial charge on any atom is -0.492 e. The Morgan fingerprint density at radius 1 is 1.12 bits per heavy atom. The van der Waals surface area contributed by atoms with Crippen molar-refractivity contribution in [3.05, 3.63) is 57.1 Å². The molecule has 2 rings (SSSR count). The quantitative estimate of drug-likeness (QED) is 0.583. The molecule has 0 aromatic heterocycles. The van der Waals surface area contributed by atoms with E-state index in [2.05, 4.69) is 5.32 Å². The van der Waals surface area contributed by atoms with Crippen LogP contribution in [0.2, 0.25) is 10.0 Å². The molecule has 24 heavy (non-hydrogen) atoms. The molecule has 0 amide bonds. The van der Waals surface area contributed by atoms with Crippen molar-refractivity contribution in [1.82, 2.24) is 0 Å². The van der Waals surface area contributed by atoms with E-state index in [0.717, 1.165) is 21.9 Å². The highest BCUT2D eigenvalue weighted by Crippen LogP contribution is 2.26. The van der Waals surface area contributed by atoms with Gasteiger partial charge in [-0.2, -0.15) is 0 Å². The van der Waals surface area contributed by atoms with Gasteiger partial charge in [0, 0.05) is 22.3 Å². The van der Waals surface area contributed by atoms with Gasteiger partial charge in [0.05, 0.1) is 12.7 Å². The monoisotopic (exact) mass is 367 g/mol. The van der Waals surface area contributed by atoms with Crippen LogP contribution in [0.25, 0.3) is 0 Å². The second-order valence-corrected chi connectivity index (χ2v) is 6.14. The first-order valence-electron chi connectivity index (χ1n) is 7.43. The summed E-state index contributed by atoms with van der Waals surface area (Å²) in [6, 6.07) is 8.83. The van der Waals surface area contributed by atoms with E-state index in [9.17, 15) is 4.79 Å². The van der Waals surface area contributed by atoms with Crippen LogP contribution in [-0.4, -0.2) is 26.2 Å². The van der Waals surface area contributed by atoms with Crippen LogP contribution < -0.4 is 10.1 Å². The molecular formula is C18H19Cl2NO3. The third kappa shape index (κ3) is 4.56. The summed E-state index contributed by atoms with van der Waals surface area (Å²) in [5, 5.41) is 4.39. The molecule has 0 spiro atoms. The number of nitrogens with one attached hydrogen (secondary N) is 1. The van der Waals surface area contributed by atoms with Gasteiger partial charge in [-0.3, -0.25) is 0 Å². The van der Waals surface area contributed by atoms with E-state index in [1.807, 2.05) is 26.0 Å². The third-order valence-corrected chi connectivity index (χ3v) is 4.31. The van der Waals surface area contributed by atoms with Gasteiger partial charge < -0.3 is 14.8 Å². The number of benzene rings is 2. The number of halogens is 2. The summed E-state index contributed by atoms with van der Waals surface area (Å²) < 4.78 is 10.5. The van der Waals surface area contributed by atoms with E-state index in [1.165, 1.54) is 7.11 Å². The molecule has 0 fully saturated rings. The lowest BCUT2D eigenvalue weighted by molar-refractivity contribution is 0.0602. The molecule has 0 unspecified atom stereocenters. The van der Waals surface area contributed by atoms with Crippen molar-refractivity contribution in [2.24, 2.45) is 0 Å². The fourth-order valence-electron chi connectivity index (χ4n) is 2.29. The number of hydrogen-bond donors (Lipinski definition) is 1. The average molecular weight is 368 g/mol. The minimum absolute atomic E-state index is 0.392. The summed E-state index contributed by atoms with van der Waals surface area (Å²) in [7, 11) is 1.33. The van der Waals surface area contributed by atoms with Crippen molar-refractivity contribution in [3.63, 3.8) is 0 Å². The Bertz CT molecular complexity index is 724. The molecule has 6 heteroatoms. The van der Waals surface area contributed by atoms with E-state index in [1.54, 1.807) is 18.2 Å². The largest absolute Gasteiger partial charge is 0.492 e. The van der Waals surface area contributed by atoms with Crippen molar-refractivity contribution in [3.8, 4) is 5.75 Å². The summed E-state index contributed by atoms with van der Waals surface area (Å²) in [6.45, 7) is 4.84. The SMILES string of the molecule is COC(=O)c1cc(Cl)ccc1NCCOc1cc(C)c(Cl)c(C)c1. The highest BCUT2D eigenvalue weighted by molar-refractivity contribution is 6.32. The van der Waals surface area contributed by atoms with Crippen LogP contribution in [0, 0.1) is 13.8 Å². The Morgan fingerprint density at radius 2 is 1.79 bits per heavy atom. The fraction of sp³-hybridized carbons (Fsp3) is 0.278. The van der Waals surface area contributed by atoms with Gasteiger partial charge in [-0.05, 0) is 55.3 Å². The van der Waals surface area contributed by atoms with Gasteiger partial charge in [0.2, 0.25) is 0 Å². The second kappa shape index (κ2) is 8.27. The van der Waals surface area contributed by atoms with E-state index >= 15 is 0 Å². The average Bonchev–Trinajstić information content (AvgIpc) is 2.56. The summed E-state index contributed by atoms with van der Waals surface area (Å²) in [5.41, 5.74) is 3.00. The van der Waals surface area contributed by atoms with E-state index < -0.39 is 5.97 Å². The van der Waals surface area contributed by atoms with Gasteiger partial charge in [0.25, 0.3) is 0 Å². The maximum Gasteiger partial charge on any atom is 0.340 e. The van der Waals surface area contributed by atoms with Crippen LogP contribution in [0.15, 0.2) is 30.3 Å². The van der Waals surface area contributed by atoms with Crippen molar-refractivity contribution >= 4 is 34.9 Å². The lowest BCUT2D eigenvalue weighted by Gasteiger charge is -2.13. The zero-order chi connectivity index (χ0) is 17.7. The summed E-state index contributed by atoms with van der Waals surface area (Å²) in [6.07, 6.45) is 0. The lowest BCUT2D eigenvalue weighted by atomic mass is 10.1. The topological polar surface area (TPSA) is 47.6 Å². The van der Waals surface area contributed by atoms with Crippen molar-refractivity contribution < 1.29 is 14.3 Å². The van der Waals surface area contributed by atoms with E-state index in [4.69, 9.17) is 32.7 Å². The molecule has 0 saturated carbocycles. The Hall–Kier alpha value is -1.91. The van der Waals surface area contributed by atoms with Gasteiger partial charge >= 0.3 is 5.97 Å². The number of hydrogen-bond acceptors (Lipinski definition) is 4. The van der Waals surface area contributed by atoms with E-state index in [0.29, 0.717) is 29.4 Å². The number of aryl methyl sites for hydroxylation is 2. The summed E-state index contributed by atoms with van der Waals surface area (Å²) in [4.78, 5) is 11.8. The molecule has 1 N–H and O–H groups in total. The highest BCUT2D eigenvalue weighted by Gasteiger charge is 2.12. The number of carbonyl (C=O) groups is 1. The molecule has 0 aliphatic rings. The standard InChI is InChI=1S/C18H19Cl2NO3/c1-11-8-14(9-12(2)17(11)20)24-7-6-21-16-5-4-13(19)10-15(16)18(22)23-3/h4-5,8-10,21H,6-7H2,1-3H3. The van der Waals surface area contributed by atoms with Gasteiger partial charge in [0.1, 0.15) is 12.4 Å². The molecule has 2 aromatic carbocycles. The van der Waals surface area contributed by atoms with E-state index in [-0.39, 0.29) is 0 Å². The molecule has 0 heterocycles. The zero-order valence-electron chi connectivity index (χ0n) is 13.8. The first kappa shape index (κ1) is 18.4. The zero-order valence-corrected chi connectivity index (χ0v) is 15.3. The first-order valence-corrected chi connectivity index (χ1v) is 8.19. The maximum atomic E-state index is 11.8. The molecule has 4 nitrogen and oxygen atoms in total. The van der Waals surface area contributed by atoms with Crippen molar-refractivity contribution in [2.75, 3.05) is 25.6 Å². The summed E-state index contributed by atoms with van der Waals surface area (Å²) >= 11 is 12.1. The molecule has 0 radical (unpaired) electrons. The third-order valence-electron chi connectivity index (χ3n) is 3.48. The normalized spacial score (nSPS) is 10.4. The Kier molecular flexibility index (Phi) is 6.35. The van der Waals surface area contributed by atoms with Gasteiger partial charge in [-0.25, -0.2) is 4.79 Å². The van der Waals surface area contributed by atoms with Crippen LogP contribution in [-0.2, 0) is 4.74 Å². The van der Waals surface area contributed by atoms with Crippen molar-refractivity contribution in [1.29, 1.82) is 0 Å².